The van der Waals surface area contributed by atoms with E-state index < -0.39 is 0 Å². The highest BCUT2D eigenvalue weighted by atomic mass is 16.1. The Labute approximate surface area is 364 Å². The van der Waals surface area contributed by atoms with E-state index >= 15 is 0 Å². The maximum atomic E-state index is 12.5. The molecule has 6 N–H and O–H groups in total. The maximum absolute atomic E-state index is 12.5. The summed E-state index contributed by atoms with van der Waals surface area (Å²) in [5, 5.41) is 26.9. The minimum atomic E-state index is -0.327. The summed E-state index contributed by atoms with van der Waals surface area (Å²) in [7, 11) is 0. The highest BCUT2D eigenvalue weighted by Gasteiger charge is 2.16. The van der Waals surface area contributed by atoms with Crippen LogP contribution in [0.2, 0.25) is 0 Å². The first-order valence-electron chi connectivity index (χ1n) is 21.3. The second kappa shape index (κ2) is 20.4. The zero-order valence-electron chi connectivity index (χ0n) is 35.3. The van der Waals surface area contributed by atoms with Crippen molar-refractivity contribution in [1.29, 1.82) is 0 Å². The fourth-order valence-corrected chi connectivity index (χ4v) is 7.39. The molecule has 0 bridgehead atoms. The Morgan fingerprint density at radius 3 is 1.46 bits per heavy atom. The highest BCUT2D eigenvalue weighted by molar-refractivity contribution is 5.92. The van der Waals surface area contributed by atoms with Gasteiger partial charge in [0.25, 0.3) is 11.1 Å². The van der Waals surface area contributed by atoms with Gasteiger partial charge in [0, 0.05) is 87.1 Å². The van der Waals surface area contributed by atoms with E-state index in [1.165, 1.54) is 11.3 Å². The Morgan fingerprint density at radius 1 is 0.540 bits per heavy atom. The zero-order chi connectivity index (χ0) is 43.4. The largest absolute Gasteiger partial charge is 0.369 e. The van der Waals surface area contributed by atoms with Crippen molar-refractivity contribution in [2.24, 2.45) is 0 Å². The molecule has 63 heavy (non-hydrogen) atoms. The van der Waals surface area contributed by atoms with E-state index in [2.05, 4.69) is 95.7 Å². The summed E-state index contributed by atoms with van der Waals surface area (Å²) in [5.74, 6) is 1.99. The van der Waals surface area contributed by atoms with Crippen molar-refractivity contribution >= 4 is 50.5 Å². The van der Waals surface area contributed by atoms with Crippen LogP contribution in [0.25, 0.3) is 44.6 Å². The molecule has 2 aliphatic rings. The second-order valence-electron chi connectivity index (χ2n) is 14.7. The number of fused-ring (bicyclic) bond motifs is 2. The quantitative estimate of drug-likeness (QED) is 0.0977. The van der Waals surface area contributed by atoms with Crippen molar-refractivity contribution in [1.82, 2.24) is 55.9 Å². The SMILES string of the molecule is CC.O=c1[nH]ncc2nc(-c3ccccc3)nc(Nc3ccc(CN4CCNCC4)cc3)c12.O=c1[nH]ncc2nc(-c3ccccc3)nc(Nc3ccc(N4CCNCC4)cc3)c12. The van der Waals surface area contributed by atoms with Gasteiger partial charge in [-0.2, -0.15) is 10.2 Å². The number of piperazine rings is 2. The Kier molecular flexibility index (Phi) is 13.7. The second-order valence-corrected chi connectivity index (χ2v) is 14.7. The van der Waals surface area contributed by atoms with Crippen molar-refractivity contribution in [2.45, 2.75) is 20.4 Å². The summed E-state index contributed by atoms with van der Waals surface area (Å²) in [5.41, 5.74) is 6.23. The molecule has 4 aromatic heterocycles. The molecule has 0 unspecified atom stereocenters. The van der Waals surface area contributed by atoms with Gasteiger partial charge in [-0.05, 0) is 42.0 Å². The smallest absolute Gasteiger partial charge is 0.277 e. The van der Waals surface area contributed by atoms with Crippen LogP contribution < -0.4 is 37.3 Å². The summed E-state index contributed by atoms with van der Waals surface area (Å²) in [6, 6.07) is 35.8. The van der Waals surface area contributed by atoms with Gasteiger partial charge in [-0.25, -0.2) is 30.1 Å². The topological polar surface area (TPSA) is 198 Å². The third-order valence-corrected chi connectivity index (χ3v) is 10.5. The lowest BCUT2D eigenvalue weighted by Crippen LogP contribution is -2.43. The Balaban J connectivity index is 0.000000166. The summed E-state index contributed by atoms with van der Waals surface area (Å²) in [4.78, 5) is 48.1. The van der Waals surface area contributed by atoms with E-state index in [0.717, 1.165) is 81.4 Å². The first kappa shape index (κ1) is 42.3. The van der Waals surface area contributed by atoms with Crippen molar-refractivity contribution in [2.75, 3.05) is 67.9 Å². The van der Waals surface area contributed by atoms with Crippen LogP contribution in [0.3, 0.4) is 0 Å². The Hall–Kier alpha value is -7.40. The Bertz CT molecular complexity index is 2840. The first-order chi connectivity index (χ1) is 31.0. The van der Waals surface area contributed by atoms with Crippen LogP contribution >= 0.6 is 0 Å². The lowest BCUT2D eigenvalue weighted by molar-refractivity contribution is 0.233. The predicted octanol–water partition coefficient (Wildman–Crippen LogP) is 6.09. The molecule has 8 aromatic rings. The molecule has 0 spiro atoms. The molecule has 320 valence electrons. The van der Waals surface area contributed by atoms with Crippen molar-refractivity contribution < 1.29 is 0 Å². The molecule has 0 aliphatic carbocycles. The normalized spacial score (nSPS) is 14.0. The van der Waals surface area contributed by atoms with Gasteiger partial charge in [0.2, 0.25) is 0 Å². The number of nitrogens with one attached hydrogen (secondary N) is 6. The number of hydrogen-bond donors (Lipinski definition) is 6. The Morgan fingerprint density at radius 2 is 0.984 bits per heavy atom. The number of aromatic nitrogens is 8. The summed E-state index contributed by atoms with van der Waals surface area (Å²) in [6.07, 6.45) is 3.09. The third-order valence-electron chi connectivity index (χ3n) is 10.5. The molecule has 0 saturated carbocycles. The minimum absolute atomic E-state index is 0.324. The summed E-state index contributed by atoms with van der Waals surface area (Å²) >= 11 is 0. The van der Waals surface area contributed by atoms with Gasteiger partial charge in [0.05, 0.1) is 12.4 Å². The molecular formula is C47H50N14O2. The molecule has 2 aliphatic heterocycles. The number of anilines is 5. The fraction of sp³-hybridized carbons (Fsp3) is 0.234. The number of H-pyrrole nitrogens is 2. The third kappa shape index (κ3) is 10.4. The molecule has 4 aromatic carbocycles. The molecule has 0 atom stereocenters. The highest BCUT2D eigenvalue weighted by Crippen LogP contribution is 2.28. The number of aromatic amines is 2. The molecule has 6 heterocycles. The van der Waals surface area contributed by atoms with Gasteiger partial charge in [0.1, 0.15) is 33.4 Å². The number of hydrogen-bond acceptors (Lipinski definition) is 14. The zero-order valence-corrected chi connectivity index (χ0v) is 35.3. The summed E-state index contributed by atoms with van der Waals surface area (Å²) in [6.45, 7) is 13.1. The number of nitrogens with zero attached hydrogens (tertiary/aromatic N) is 8. The van der Waals surface area contributed by atoms with E-state index in [0.29, 0.717) is 45.1 Å². The fourth-order valence-electron chi connectivity index (χ4n) is 7.39. The molecule has 10 rings (SSSR count). The lowest BCUT2D eigenvalue weighted by Gasteiger charge is -2.29. The van der Waals surface area contributed by atoms with Crippen LogP contribution in [-0.4, -0.2) is 97.6 Å². The minimum Gasteiger partial charge on any atom is -0.369 e. The van der Waals surface area contributed by atoms with Crippen LogP contribution in [0, 0.1) is 0 Å². The number of benzene rings is 4. The maximum Gasteiger partial charge on any atom is 0.277 e. The first-order valence-corrected chi connectivity index (χ1v) is 21.3. The van der Waals surface area contributed by atoms with E-state index in [-0.39, 0.29) is 11.1 Å². The molecule has 0 amide bonds. The van der Waals surface area contributed by atoms with Crippen molar-refractivity contribution in [3.63, 3.8) is 0 Å². The van der Waals surface area contributed by atoms with Gasteiger partial charge < -0.3 is 26.2 Å². The van der Waals surface area contributed by atoms with Crippen LogP contribution in [-0.2, 0) is 6.54 Å². The standard InChI is InChI=1S/C23H23N7O.C22H21N7O.C2H6/c31-23-20-19(14-25-29-23)27-21(17-4-2-1-3-5-17)28-22(20)26-18-8-6-16(7-9-18)15-30-12-10-24-11-13-30;30-22-19-18(14-24-28-22)26-20(15-4-2-1-3-5-15)27-21(19)25-16-6-8-17(9-7-16)29-12-10-23-11-13-29;1-2/h1-9,14,24H,10-13,15H2,(H,29,31)(H,26,27,28);1-9,14,23H,10-13H2,(H,28,30)(H,25,26,27);1-2H3. The van der Waals surface area contributed by atoms with Gasteiger partial charge >= 0.3 is 0 Å². The van der Waals surface area contributed by atoms with Gasteiger partial charge in [0.15, 0.2) is 11.6 Å². The molecular weight excluding hydrogens is 793 g/mol. The van der Waals surface area contributed by atoms with E-state index in [1.54, 1.807) is 12.4 Å². The average Bonchev–Trinajstić information content (AvgIpc) is 3.34. The van der Waals surface area contributed by atoms with Gasteiger partial charge in [-0.3, -0.25) is 14.5 Å². The molecule has 2 saturated heterocycles. The van der Waals surface area contributed by atoms with Crippen molar-refractivity contribution in [3.05, 3.63) is 148 Å². The van der Waals surface area contributed by atoms with Crippen LogP contribution in [0.1, 0.15) is 19.4 Å². The van der Waals surface area contributed by atoms with E-state index in [1.807, 2.05) is 98.8 Å². The average molecular weight is 843 g/mol. The monoisotopic (exact) mass is 842 g/mol. The van der Waals surface area contributed by atoms with E-state index in [9.17, 15) is 9.59 Å². The van der Waals surface area contributed by atoms with Gasteiger partial charge in [-0.1, -0.05) is 86.6 Å². The van der Waals surface area contributed by atoms with Crippen molar-refractivity contribution in [3.8, 4) is 22.8 Å². The van der Waals surface area contributed by atoms with Crippen LogP contribution in [0.5, 0.6) is 0 Å². The summed E-state index contributed by atoms with van der Waals surface area (Å²) < 4.78 is 0. The van der Waals surface area contributed by atoms with E-state index in [4.69, 9.17) is 0 Å². The molecule has 2 fully saturated rings. The van der Waals surface area contributed by atoms with Crippen LogP contribution in [0.15, 0.2) is 131 Å². The van der Waals surface area contributed by atoms with Gasteiger partial charge in [-0.15, -0.1) is 0 Å². The molecule has 16 heteroatoms. The lowest BCUT2D eigenvalue weighted by atomic mass is 10.1. The number of rotatable bonds is 9. The predicted molar refractivity (Wildman–Crippen MR) is 251 cm³/mol. The van der Waals surface area contributed by atoms with Crippen LogP contribution in [0.4, 0.5) is 28.7 Å². The molecule has 16 nitrogen and oxygen atoms in total. The molecule has 0 radical (unpaired) electrons.